The Morgan fingerprint density at radius 1 is 0.950 bits per heavy atom. The average Bonchev–Trinajstić information content (AvgIpc) is 3.28. The van der Waals surface area contributed by atoms with E-state index in [2.05, 4.69) is 56.5 Å². The van der Waals surface area contributed by atoms with E-state index in [9.17, 15) is 9.59 Å². The Bertz CT molecular complexity index is 1240. The van der Waals surface area contributed by atoms with Crippen molar-refractivity contribution in [2.75, 3.05) is 45.7 Å². The van der Waals surface area contributed by atoms with Gasteiger partial charge in [-0.25, -0.2) is 9.78 Å². The number of aryl methyl sites for hydroxylation is 1. The summed E-state index contributed by atoms with van der Waals surface area (Å²) in [7, 11) is 3.49. The molecule has 3 aromatic rings. The second kappa shape index (κ2) is 14.8. The van der Waals surface area contributed by atoms with E-state index in [0.717, 1.165) is 68.7 Å². The Morgan fingerprint density at radius 3 is 2.15 bits per heavy atom. The molecule has 0 fully saturated rings. The molecule has 1 heterocycles. The molecule has 0 spiro atoms. The van der Waals surface area contributed by atoms with E-state index in [0.29, 0.717) is 28.9 Å². The summed E-state index contributed by atoms with van der Waals surface area (Å²) in [6, 6.07) is 13.0. The van der Waals surface area contributed by atoms with Gasteiger partial charge in [-0.3, -0.25) is 4.79 Å². The van der Waals surface area contributed by atoms with E-state index in [-0.39, 0.29) is 11.9 Å². The number of benzene rings is 2. The molecule has 218 valence electrons. The Kier molecular flexibility index (Phi) is 11.6. The Hall–Kier alpha value is -3.39. The number of methoxy groups -OCH3 is 1. The van der Waals surface area contributed by atoms with Gasteiger partial charge in [-0.2, -0.15) is 0 Å². The summed E-state index contributed by atoms with van der Waals surface area (Å²) in [4.78, 5) is 34.7. The monoisotopic (exact) mass is 549 g/mol. The van der Waals surface area contributed by atoms with Crippen LogP contribution >= 0.6 is 0 Å². The van der Waals surface area contributed by atoms with E-state index >= 15 is 0 Å². The van der Waals surface area contributed by atoms with Crippen LogP contribution in [-0.4, -0.2) is 71.6 Å². The SMILES string of the molecule is CCN(C)CCCn1c(Nc2ccc(C(=O)OC)cc2)nc2ccc(C(=O)N(CCC(C)C)CCC(C)C)cc21. The zero-order chi connectivity index (χ0) is 29.2. The van der Waals surface area contributed by atoms with Crippen molar-refractivity contribution in [1.29, 1.82) is 0 Å². The van der Waals surface area contributed by atoms with Crippen LogP contribution in [0.5, 0.6) is 0 Å². The van der Waals surface area contributed by atoms with Crippen molar-refractivity contribution in [1.82, 2.24) is 19.4 Å². The van der Waals surface area contributed by atoms with Crippen LogP contribution in [0.1, 0.15) is 74.6 Å². The molecule has 0 atom stereocenters. The van der Waals surface area contributed by atoms with E-state index in [1.54, 1.807) is 12.1 Å². The molecule has 40 heavy (non-hydrogen) atoms. The molecule has 1 aromatic heterocycles. The molecule has 0 bridgehead atoms. The summed E-state index contributed by atoms with van der Waals surface area (Å²) in [5, 5.41) is 3.43. The van der Waals surface area contributed by atoms with E-state index in [1.807, 2.05) is 35.2 Å². The van der Waals surface area contributed by atoms with Crippen LogP contribution in [-0.2, 0) is 11.3 Å². The summed E-state index contributed by atoms with van der Waals surface area (Å²) in [5.41, 5.74) is 3.78. The fourth-order valence-corrected chi connectivity index (χ4v) is 4.50. The number of rotatable bonds is 15. The first kappa shape index (κ1) is 31.1. The largest absolute Gasteiger partial charge is 0.465 e. The predicted octanol–water partition coefficient (Wildman–Crippen LogP) is 6.44. The first-order valence-corrected chi connectivity index (χ1v) is 14.6. The summed E-state index contributed by atoms with van der Waals surface area (Å²) >= 11 is 0. The molecule has 0 aliphatic rings. The van der Waals surface area contributed by atoms with Crippen molar-refractivity contribution in [3.63, 3.8) is 0 Å². The molecule has 0 radical (unpaired) electrons. The van der Waals surface area contributed by atoms with Crippen LogP contribution in [0.15, 0.2) is 42.5 Å². The summed E-state index contributed by atoms with van der Waals surface area (Å²) < 4.78 is 6.98. The van der Waals surface area contributed by atoms with Gasteiger partial charge in [-0.15, -0.1) is 0 Å². The van der Waals surface area contributed by atoms with Crippen LogP contribution in [0, 0.1) is 11.8 Å². The highest BCUT2D eigenvalue weighted by atomic mass is 16.5. The minimum absolute atomic E-state index is 0.0783. The second-order valence-corrected chi connectivity index (χ2v) is 11.4. The number of carbonyl (C=O) groups excluding carboxylic acids is 2. The molecule has 8 heteroatoms. The molecule has 2 aromatic carbocycles. The molecule has 0 aliphatic heterocycles. The molecule has 1 amide bonds. The fraction of sp³-hybridized carbons (Fsp3) is 0.531. The molecule has 8 nitrogen and oxygen atoms in total. The third kappa shape index (κ3) is 8.55. The minimum Gasteiger partial charge on any atom is -0.465 e. The smallest absolute Gasteiger partial charge is 0.337 e. The highest BCUT2D eigenvalue weighted by molar-refractivity contribution is 5.98. The number of ether oxygens (including phenoxy) is 1. The van der Waals surface area contributed by atoms with Gasteiger partial charge in [0, 0.05) is 30.9 Å². The lowest BCUT2D eigenvalue weighted by Gasteiger charge is -2.25. The van der Waals surface area contributed by atoms with E-state index in [4.69, 9.17) is 9.72 Å². The van der Waals surface area contributed by atoms with Crippen molar-refractivity contribution < 1.29 is 14.3 Å². The van der Waals surface area contributed by atoms with Crippen LogP contribution in [0.2, 0.25) is 0 Å². The molecular formula is C32H47N5O3. The number of nitrogens with zero attached hydrogens (tertiary/aromatic N) is 4. The molecule has 1 N–H and O–H groups in total. The zero-order valence-corrected chi connectivity index (χ0v) is 25.4. The Balaban J connectivity index is 1.94. The van der Waals surface area contributed by atoms with Crippen LogP contribution < -0.4 is 5.32 Å². The number of amides is 1. The highest BCUT2D eigenvalue weighted by Crippen LogP contribution is 2.26. The van der Waals surface area contributed by atoms with Gasteiger partial charge in [0.15, 0.2) is 0 Å². The highest BCUT2D eigenvalue weighted by Gasteiger charge is 2.19. The lowest BCUT2D eigenvalue weighted by atomic mass is 10.1. The van der Waals surface area contributed by atoms with Gasteiger partial charge >= 0.3 is 5.97 Å². The quantitative estimate of drug-likeness (QED) is 0.220. The number of hydrogen-bond acceptors (Lipinski definition) is 6. The molecular weight excluding hydrogens is 502 g/mol. The molecule has 0 unspecified atom stereocenters. The maximum atomic E-state index is 13.7. The Labute approximate surface area is 239 Å². The topological polar surface area (TPSA) is 79.7 Å². The van der Waals surface area contributed by atoms with Crippen LogP contribution in [0.3, 0.4) is 0 Å². The summed E-state index contributed by atoms with van der Waals surface area (Å²) in [6.45, 7) is 15.2. The fourth-order valence-electron chi connectivity index (χ4n) is 4.50. The van der Waals surface area contributed by atoms with Gasteiger partial charge in [0.1, 0.15) is 0 Å². The van der Waals surface area contributed by atoms with Crippen molar-refractivity contribution in [2.45, 2.75) is 60.4 Å². The van der Waals surface area contributed by atoms with Gasteiger partial charge in [-0.1, -0.05) is 34.6 Å². The molecule has 3 rings (SSSR count). The summed E-state index contributed by atoms with van der Waals surface area (Å²) in [6.07, 6.45) is 2.91. The minimum atomic E-state index is -0.369. The van der Waals surface area contributed by atoms with Crippen LogP contribution in [0.25, 0.3) is 11.0 Å². The molecule has 0 aliphatic carbocycles. The number of fused-ring (bicyclic) bond motifs is 1. The third-order valence-electron chi connectivity index (χ3n) is 7.26. The number of aromatic nitrogens is 2. The lowest BCUT2D eigenvalue weighted by molar-refractivity contribution is 0.0600. The first-order valence-electron chi connectivity index (χ1n) is 14.6. The van der Waals surface area contributed by atoms with Crippen molar-refractivity contribution in [2.24, 2.45) is 11.8 Å². The van der Waals surface area contributed by atoms with Gasteiger partial charge in [0.2, 0.25) is 5.95 Å². The van der Waals surface area contributed by atoms with Gasteiger partial charge in [-0.05, 0) is 93.7 Å². The average molecular weight is 550 g/mol. The third-order valence-corrected chi connectivity index (χ3v) is 7.26. The number of esters is 1. The normalized spacial score (nSPS) is 11.6. The van der Waals surface area contributed by atoms with Gasteiger partial charge in [0.25, 0.3) is 5.91 Å². The number of carbonyl (C=O) groups is 2. The van der Waals surface area contributed by atoms with Crippen molar-refractivity contribution in [3.8, 4) is 0 Å². The second-order valence-electron chi connectivity index (χ2n) is 11.4. The summed E-state index contributed by atoms with van der Waals surface area (Å²) in [5.74, 6) is 1.49. The van der Waals surface area contributed by atoms with Gasteiger partial charge in [0.05, 0.1) is 23.7 Å². The van der Waals surface area contributed by atoms with Crippen LogP contribution in [0.4, 0.5) is 11.6 Å². The number of nitrogens with one attached hydrogen (secondary N) is 1. The molecule has 0 saturated heterocycles. The van der Waals surface area contributed by atoms with E-state index in [1.165, 1.54) is 7.11 Å². The first-order chi connectivity index (χ1) is 19.1. The van der Waals surface area contributed by atoms with E-state index < -0.39 is 0 Å². The van der Waals surface area contributed by atoms with Gasteiger partial charge < -0.3 is 24.4 Å². The van der Waals surface area contributed by atoms with Crippen molar-refractivity contribution in [3.05, 3.63) is 53.6 Å². The predicted molar refractivity (Wildman–Crippen MR) is 163 cm³/mol. The zero-order valence-electron chi connectivity index (χ0n) is 25.4. The lowest BCUT2D eigenvalue weighted by Crippen LogP contribution is -2.34. The number of imidazole rings is 1. The maximum Gasteiger partial charge on any atom is 0.337 e. The number of anilines is 2. The number of hydrogen-bond donors (Lipinski definition) is 1. The molecule has 0 saturated carbocycles. The standard InChI is InChI=1S/C32H47N5O3/c1-8-35(6)18-9-19-37-29-22-26(30(38)36(20-16-23(2)3)21-17-24(4)5)12-15-28(29)34-32(37)33-27-13-10-25(11-14-27)31(39)40-7/h10-15,22-24H,8-9,16-21H2,1-7H3,(H,33,34). The Morgan fingerprint density at radius 2 is 1.57 bits per heavy atom. The maximum absolute atomic E-state index is 13.7. The van der Waals surface area contributed by atoms with Crippen molar-refractivity contribution >= 4 is 34.5 Å².